The lowest BCUT2D eigenvalue weighted by atomic mass is 10.1. The highest BCUT2D eigenvalue weighted by Gasteiger charge is 2.40. The van der Waals surface area contributed by atoms with Crippen LogP contribution in [0.3, 0.4) is 0 Å². The Bertz CT molecular complexity index is 1030. The number of benzene rings is 1. The zero-order valence-electron chi connectivity index (χ0n) is 18.0. The minimum atomic E-state index is 0.0464. The number of anilines is 1. The van der Waals surface area contributed by atoms with E-state index < -0.39 is 0 Å². The first-order valence-corrected chi connectivity index (χ1v) is 11.2. The van der Waals surface area contributed by atoms with Crippen LogP contribution in [0.2, 0.25) is 0 Å². The number of carbonyl (C=O) groups is 1. The molecule has 1 aliphatic carbocycles. The summed E-state index contributed by atoms with van der Waals surface area (Å²) < 4.78 is 6.06. The molecule has 2 aliphatic rings. The van der Waals surface area contributed by atoms with Gasteiger partial charge in [-0.25, -0.2) is 4.98 Å². The van der Waals surface area contributed by atoms with Gasteiger partial charge in [0.2, 0.25) is 0 Å². The Labute approximate surface area is 182 Å². The van der Waals surface area contributed by atoms with E-state index in [2.05, 4.69) is 21.8 Å². The van der Waals surface area contributed by atoms with Crippen molar-refractivity contribution < 1.29 is 9.53 Å². The lowest BCUT2D eigenvalue weighted by molar-refractivity contribution is -0.0619. The summed E-state index contributed by atoms with van der Waals surface area (Å²) in [7, 11) is 0. The number of nitrogens with zero attached hydrogens (tertiary/aromatic N) is 2. The van der Waals surface area contributed by atoms with Crippen molar-refractivity contribution in [1.29, 1.82) is 0 Å². The third kappa shape index (κ3) is 4.50. The smallest absolute Gasteiger partial charge is 0.179 e. The molecular weight excluding hydrogens is 388 g/mol. The van der Waals surface area contributed by atoms with Crippen molar-refractivity contribution in [2.24, 2.45) is 11.8 Å². The highest BCUT2D eigenvalue weighted by molar-refractivity contribution is 5.99. The van der Waals surface area contributed by atoms with Gasteiger partial charge in [-0.3, -0.25) is 9.69 Å². The number of H-pyrrole nitrogens is 1. The molecule has 0 bridgehead atoms. The van der Waals surface area contributed by atoms with Gasteiger partial charge < -0.3 is 15.5 Å². The molecule has 4 atom stereocenters. The predicted octanol–water partition coefficient (Wildman–Crippen LogP) is 4.21. The van der Waals surface area contributed by atoms with E-state index in [1.165, 1.54) is 6.42 Å². The van der Waals surface area contributed by atoms with Crippen LogP contribution >= 0.6 is 0 Å². The first kappa shape index (κ1) is 20.2. The molecule has 0 amide bonds. The number of morpholine rings is 1. The monoisotopic (exact) mass is 418 g/mol. The van der Waals surface area contributed by atoms with E-state index in [0.29, 0.717) is 30.1 Å². The summed E-state index contributed by atoms with van der Waals surface area (Å²) in [6.07, 6.45) is 4.68. The van der Waals surface area contributed by atoms with E-state index >= 15 is 0 Å². The number of carbonyl (C=O) groups excluding carboxylic acids is 1. The highest BCUT2D eigenvalue weighted by Crippen LogP contribution is 2.43. The molecule has 5 rings (SSSR count). The Hall–Kier alpha value is -2.70. The zero-order valence-corrected chi connectivity index (χ0v) is 18.0. The summed E-state index contributed by atoms with van der Waals surface area (Å²) in [6, 6.07) is 14.3. The molecule has 3 aromatic rings. The van der Waals surface area contributed by atoms with Gasteiger partial charge in [-0.15, -0.1) is 0 Å². The van der Waals surface area contributed by atoms with E-state index in [9.17, 15) is 4.79 Å². The molecule has 0 radical (unpaired) electrons. The fraction of sp³-hybridized carbons (Fsp3) is 0.440. The number of hydrogen-bond donors (Lipinski definition) is 2. The van der Waals surface area contributed by atoms with Crippen molar-refractivity contribution >= 4 is 22.5 Å². The van der Waals surface area contributed by atoms with E-state index in [1.807, 2.05) is 48.7 Å². The van der Waals surface area contributed by atoms with E-state index in [0.717, 1.165) is 48.3 Å². The fourth-order valence-corrected chi connectivity index (χ4v) is 4.73. The number of nitrogen functional groups attached to an aromatic ring is 1. The molecule has 3 N–H and O–H groups in total. The van der Waals surface area contributed by atoms with Crippen molar-refractivity contribution in [1.82, 2.24) is 14.9 Å². The molecule has 6 heteroatoms. The van der Waals surface area contributed by atoms with Crippen LogP contribution in [0, 0.1) is 11.8 Å². The van der Waals surface area contributed by atoms with Crippen LogP contribution in [-0.2, 0) is 4.74 Å². The first-order chi connectivity index (χ1) is 15.1. The number of hydrogen-bond acceptors (Lipinski definition) is 5. The van der Waals surface area contributed by atoms with Gasteiger partial charge in [-0.05, 0) is 49.8 Å². The van der Waals surface area contributed by atoms with Crippen molar-refractivity contribution in [3.8, 4) is 0 Å². The topological polar surface area (TPSA) is 84.2 Å². The maximum absolute atomic E-state index is 12.6. The van der Waals surface area contributed by atoms with Gasteiger partial charge >= 0.3 is 0 Å². The summed E-state index contributed by atoms with van der Waals surface area (Å²) in [5.74, 6) is 2.09. The Morgan fingerprint density at radius 2 is 2.13 bits per heavy atom. The molecule has 1 saturated carbocycles. The van der Waals surface area contributed by atoms with Crippen LogP contribution in [0.4, 0.5) is 5.82 Å². The van der Waals surface area contributed by atoms with Crippen LogP contribution < -0.4 is 5.73 Å². The quantitative estimate of drug-likeness (QED) is 0.562. The highest BCUT2D eigenvalue weighted by atomic mass is 16.5. The molecule has 1 aromatic carbocycles. The molecule has 2 unspecified atom stereocenters. The zero-order chi connectivity index (χ0) is 21.4. The van der Waals surface area contributed by atoms with E-state index in [1.54, 1.807) is 0 Å². The number of fused-ring (bicyclic) bond motifs is 1. The van der Waals surface area contributed by atoms with Gasteiger partial charge in [0, 0.05) is 48.2 Å². The van der Waals surface area contributed by atoms with Crippen molar-refractivity contribution in [2.45, 2.75) is 38.3 Å². The summed E-state index contributed by atoms with van der Waals surface area (Å²) in [5, 5.41) is 1.10. The number of ether oxygens (including phenoxy) is 1. The van der Waals surface area contributed by atoms with Gasteiger partial charge in [0.25, 0.3) is 0 Å². The molecule has 6 nitrogen and oxygen atoms in total. The van der Waals surface area contributed by atoms with Crippen molar-refractivity contribution in [3.05, 3.63) is 59.9 Å². The normalized spacial score (nSPS) is 26.2. The van der Waals surface area contributed by atoms with Crippen LogP contribution in [0.5, 0.6) is 0 Å². The number of rotatable bonds is 7. The SMILES string of the molecule is C[C@H]1CO[C@@H](c2ccc(N)nc2)CN1CC1CC1CCC(=O)c1cc2ccccc2[nH]1. The molecule has 1 aliphatic heterocycles. The largest absolute Gasteiger partial charge is 0.384 e. The Balaban J connectivity index is 1.12. The predicted molar refractivity (Wildman–Crippen MR) is 122 cm³/mol. The molecular formula is C25H30N4O2. The third-order valence-electron chi connectivity index (χ3n) is 6.85. The molecule has 2 aromatic heterocycles. The van der Waals surface area contributed by atoms with Gasteiger partial charge in [-0.2, -0.15) is 0 Å². The minimum absolute atomic E-state index is 0.0464. The van der Waals surface area contributed by atoms with E-state index in [4.69, 9.17) is 10.5 Å². The van der Waals surface area contributed by atoms with Crippen LogP contribution in [-0.4, -0.2) is 46.4 Å². The maximum atomic E-state index is 12.6. The second-order valence-electron chi connectivity index (χ2n) is 9.13. The van der Waals surface area contributed by atoms with Gasteiger partial charge in [0.1, 0.15) is 5.82 Å². The number of pyridine rings is 1. The number of nitrogens with one attached hydrogen (secondary N) is 1. The van der Waals surface area contributed by atoms with Crippen LogP contribution in [0.15, 0.2) is 48.7 Å². The number of aromatic nitrogens is 2. The average Bonchev–Trinajstić information content (AvgIpc) is 3.37. The summed E-state index contributed by atoms with van der Waals surface area (Å²) >= 11 is 0. The molecule has 1 saturated heterocycles. The minimum Gasteiger partial charge on any atom is -0.384 e. The average molecular weight is 419 g/mol. The summed E-state index contributed by atoms with van der Waals surface area (Å²) in [4.78, 5) is 22.7. The fourth-order valence-electron chi connectivity index (χ4n) is 4.73. The molecule has 3 heterocycles. The number of aromatic amines is 1. The Kier molecular flexibility index (Phi) is 5.50. The second kappa shape index (κ2) is 8.44. The molecule has 162 valence electrons. The maximum Gasteiger partial charge on any atom is 0.179 e. The Morgan fingerprint density at radius 3 is 2.94 bits per heavy atom. The lowest BCUT2D eigenvalue weighted by Crippen LogP contribution is -2.46. The first-order valence-electron chi connectivity index (χ1n) is 11.2. The lowest BCUT2D eigenvalue weighted by Gasteiger charge is -2.38. The standard InChI is InChI=1S/C25H30N4O2/c1-16-15-31-24(19-7-9-25(26)27-12-19)14-29(16)13-20-10-17(20)6-8-23(30)22-11-18-4-2-3-5-21(18)28-22/h2-5,7,9,11-12,16-17,20,24,28H,6,8,10,13-15H2,1H3,(H2,26,27)/t16-,17?,20?,24+/m0/s1. The second-order valence-corrected chi connectivity index (χ2v) is 9.13. The molecule has 0 spiro atoms. The Morgan fingerprint density at radius 1 is 1.26 bits per heavy atom. The number of nitrogens with two attached hydrogens (primary N) is 1. The van der Waals surface area contributed by atoms with E-state index in [-0.39, 0.29) is 11.9 Å². The van der Waals surface area contributed by atoms with Crippen molar-refractivity contribution in [3.63, 3.8) is 0 Å². The molecule has 31 heavy (non-hydrogen) atoms. The van der Waals surface area contributed by atoms with Gasteiger partial charge in [-0.1, -0.05) is 24.3 Å². The molecule has 2 fully saturated rings. The van der Waals surface area contributed by atoms with Crippen LogP contribution in [0.1, 0.15) is 48.3 Å². The summed E-state index contributed by atoms with van der Waals surface area (Å²) in [6.45, 7) is 4.91. The van der Waals surface area contributed by atoms with Crippen LogP contribution in [0.25, 0.3) is 10.9 Å². The third-order valence-corrected chi connectivity index (χ3v) is 6.85. The van der Waals surface area contributed by atoms with Gasteiger partial charge in [0.15, 0.2) is 5.78 Å². The van der Waals surface area contributed by atoms with Gasteiger partial charge in [0.05, 0.1) is 18.4 Å². The number of ketones is 1. The number of para-hydroxylation sites is 1. The van der Waals surface area contributed by atoms with Crippen molar-refractivity contribution in [2.75, 3.05) is 25.4 Å². The summed E-state index contributed by atoms with van der Waals surface area (Å²) in [5.41, 5.74) is 8.56. The number of Topliss-reactive ketones (excluding diaryl/α,β-unsaturated/α-hetero) is 1.